The fourth-order valence-corrected chi connectivity index (χ4v) is 2.50. The number of nitrogens with one attached hydrogen (secondary N) is 1. The first-order valence-electron chi connectivity index (χ1n) is 7.75. The number of carbonyl (C=O) groups excluding carboxylic acids is 1. The summed E-state index contributed by atoms with van der Waals surface area (Å²) in [6.07, 6.45) is -4.46. The first-order valence-corrected chi connectivity index (χ1v) is 7.75. The molecule has 1 aromatic heterocycles. The number of alkyl halides is 3. The zero-order valence-electron chi connectivity index (χ0n) is 14.2. The van der Waals surface area contributed by atoms with Gasteiger partial charge in [0.2, 0.25) is 5.91 Å². The maximum Gasteiger partial charge on any atom is 0.408 e. The van der Waals surface area contributed by atoms with E-state index < -0.39 is 18.7 Å². The summed E-state index contributed by atoms with van der Waals surface area (Å²) in [4.78, 5) is 22.9. The monoisotopic (exact) mass is 369 g/mol. The number of aromatic carboxylic acids is 1. The SMILES string of the molecule is Cc1nn(CC(F)(F)F)c(C)c1CC(=O)NCc1ccc(C(=O)O)cc1. The van der Waals surface area contributed by atoms with E-state index in [0.717, 1.165) is 4.68 Å². The Hall–Kier alpha value is -2.84. The minimum Gasteiger partial charge on any atom is -0.478 e. The molecule has 0 atom stereocenters. The quantitative estimate of drug-likeness (QED) is 0.820. The molecule has 1 heterocycles. The molecule has 1 amide bonds. The number of hydrogen-bond acceptors (Lipinski definition) is 3. The van der Waals surface area contributed by atoms with Crippen molar-refractivity contribution in [1.82, 2.24) is 15.1 Å². The molecule has 0 fully saturated rings. The van der Waals surface area contributed by atoms with Gasteiger partial charge in [0.05, 0.1) is 17.7 Å². The van der Waals surface area contributed by atoms with Crippen molar-refractivity contribution in [3.63, 3.8) is 0 Å². The molecule has 0 unspecified atom stereocenters. The number of aromatic nitrogens is 2. The van der Waals surface area contributed by atoms with Crippen LogP contribution in [0.1, 0.15) is 32.9 Å². The number of nitrogens with zero attached hydrogens (tertiary/aromatic N) is 2. The lowest BCUT2D eigenvalue weighted by molar-refractivity contribution is -0.143. The van der Waals surface area contributed by atoms with Crippen LogP contribution >= 0.6 is 0 Å². The molecule has 0 aliphatic heterocycles. The van der Waals surface area contributed by atoms with E-state index in [1.165, 1.54) is 19.1 Å². The summed E-state index contributed by atoms with van der Waals surface area (Å²) < 4.78 is 38.5. The van der Waals surface area contributed by atoms with Gasteiger partial charge in [-0.3, -0.25) is 9.48 Å². The average Bonchev–Trinajstić information content (AvgIpc) is 2.79. The number of benzene rings is 1. The third-order valence-electron chi connectivity index (χ3n) is 3.89. The maximum atomic E-state index is 12.5. The number of halogens is 3. The van der Waals surface area contributed by atoms with E-state index in [2.05, 4.69) is 10.4 Å². The molecule has 26 heavy (non-hydrogen) atoms. The molecular formula is C17H18F3N3O3. The van der Waals surface area contributed by atoms with Gasteiger partial charge in [0.25, 0.3) is 0 Å². The summed E-state index contributed by atoms with van der Waals surface area (Å²) in [5, 5.41) is 15.4. The molecule has 140 valence electrons. The third kappa shape index (κ3) is 5.08. The van der Waals surface area contributed by atoms with Gasteiger partial charge in [0, 0.05) is 17.8 Å². The van der Waals surface area contributed by atoms with Crippen molar-refractivity contribution >= 4 is 11.9 Å². The highest BCUT2D eigenvalue weighted by molar-refractivity contribution is 5.87. The summed E-state index contributed by atoms with van der Waals surface area (Å²) >= 11 is 0. The zero-order valence-corrected chi connectivity index (χ0v) is 14.2. The van der Waals surface area contributed by atoms with Crippen LogP contribution in [0.3, 0.4) is 0 Å². The number of aryl methyl sites for hydroxylation is 1. The molecule has 2 N–H and O–H groups in total. The minimum atomic E-state index is -4.38. The standard InChI is InChI=1S/C17H18F3N3O3/c1-10-14(11(2)23(22-10)9-17(18,19)20)7-15(24)21-8-12-3-5-13(6-4-12)16(25)26/h3-6H,7-9H2,1-2H3,(H,21,24)(H,25,26). The lowest BCUT2D eigenvalue weighted by Crippen LogP contribution is -2.25. The first kappa shape index (κ1) is 19.5. The van der Waals surface area contributed by atoms with Crippen LogP contribution in [-0.2, 0) is 24.3 Å². The Morgan fingerprint density at radius 3 is 2.35 bits per heavy atom. The second-order valence-corrected chi connectivity index (χ2v) is 5.88. The first-order chi connectivity index (χ1) is 12.1. The lowest BCUT2D eigenvalue weighted by atomic mass is 10.1. The molecule has 6 nitrogen and oxygen atoms in total. The Balaban J connectivity index is 1.98. The molecule has 0 saturated carbocycles. The van der Waals surface area contributed by atoms with Crippen LogP contribution in [-0.4, -0.2) is 32.9 Å². The topological polar surface area (TPSA) is 84.2 Å². The van der Waals surface area contributed by atoms with Crippen molar-refractivity contribution < 1.29 is 27.9 Å². The second-order valence-electron chi connectivity index (χ2n) is 5.88. The van der Waals surface area contributed by atoms with Crippen LogP contribution in [0.25, 0.3) is 0 Å². The van der Waals surface area contributed by atoms with Crippen LogP contribution in [0.2, 0.25) is 0 Å². The summed E-state index contributed by atoms with van der Waals surface area (Å²) in [7, 11) is 0. The Kier molecular flexibility index (Phi) is 5.69. The highest BCUT2D eigenvalue weighted by Crippen LogP contribution is 2.21. The van der Waals surface area contributed by atoms with E-state index >= 15 is 0 Å². The summed E-state index contributed by atoms with van der Waals surface area (Å²) in [5.74, 6) is -1.40. The van der Waals surface area contributed by atoms with E-state index in [1.54, 1.807) is 19.1 Å². The van der Waals surface area contributed by atoms with Gasteiger partial charge < -0.3 is 10.4 Å². The lowest BCUT2D eigenvalue weighted by Gasteiger charge is -2.09. The molecule has 0 saturated heterocycles. The van der Waals surface area contributed by atoms with Crippen molar-refractivity contribution in [3.8, 4) is 0 Å². The number of amides is 1. The van der Waals surface area contributed by atoms with Crippen LogP contribution in [0.15, 0.2) is 24.3 Å². The number of carboxylic acid groups (broad SMARTS) is 1. The molecule has 0 radical (unpaired) electrons. The highest BCUT2D eigenvalue weighted by Gasteiger charge is 2.30. The molecule has 9 heteroatoms. The van der Waals surface area contributed by atoms with E-state index in [0.29, 0.717) is 22.5 Å². The van der Waals surface area contributed by atoms with Crippen LogP contribution in [0.4, 0.5) is 13.2 Å². The van der Waals surface area contributed by atoms with Gasteiger partial charge >= 0.3 is 12.1 Å². The van der Waals surface area contributed by atoms with E-state index in [9.17, 15) is 22.8 Å². The minimum absolute atomic E-state index is 0.0806. The average molecular weight is 369 g/mol. The smallest absolute Gasteiger partial charge is 0.408 e. The highest BCUT2D eigenvalue weighted by atomic mass is 19.4. The molecule has 0 spiro atoms. The van der Waals surface area contributed by atoms with Crippen LogP contribution < -0.4 is 5.32 Å². The fourth-order valence-electron chi connectivity index (χ4n) is 2.50. The third-order valence-corrected chi connectivity index (χ3v) is 3.89. The normalized spacial score (nSPS) is 11.4. The maximum absolute atomic E-state index is 12.5. The van der Waals surface area contributed by atoms with Crippen molar-refractivity contribution in [1.29, 1.82) is 0 Å². The predicted octanol–water partition coefficient (Wildman–Crippen LogP) is 2.62. The fraction of sp³-hybridized carbons (Fsp3) is 0.353. The number of rotatable bonds is 6. The van der Waals surface area contributed by atoms with Crippen molar-refractivity contribution in [3.05, 3.63) is 52.3 Å². The Morgan fingerprint density at radius 2 is 1.81 bits per heavy atom. The van der Waals surface area contributed by atoms with Crippen LogP contribution in [0.5, 0.6) is 0 Å². The predicted molar refractivity (Wildman–Crippen MR) is 86.7 cm³/mol. The molecule has 0 aliphatic carbocycles. The van der Waals surface area contributed by atoms with Gasteiger partial charge in [-0.1, -0.05) is 12.1 Å². The van der Waals surface area contributed by atoms with Gasteiger partial charge in [-0.05, 0) is 31.5 Å². The van der Waals surface area contributed by atoms with E-state index in [4.69, 9.17) is 5.11 Å². The molecule has 2 rings (SSSR count). The van der Waals surface area contributed by atoms with Crippen molar-refractivity contribution in [2.24, 2.45) is 0 Å². The molecule has 0 aliphatic rings. The van der Waals surface area contributed by atoms with E-state index in [1.807, 2.05) is 0 Å². The van der Waals surface area contributed by atoms with Gasteiger partial charge in [-0.2, -0.15) is 18.3 Å². The van der Waals surface area contributed by atoms with Gasteiger partial charge in [-0.15, -0.1) is 0 Å². The summed E-state index contributed by atoms with van der Waals surface area (Å²) in [5.41, 5.74) is 2.01. The number of carbonyl (C=O) groups is 2. The van der Waals surface area contributed by atoms with Crippen LogP contribution in [0, 0.1) is 13.8 Å². The number of hydrogen-bond donors (Lipinski definition) is 2. The number of carboxylic acids is 1. The van der Waals surface area contributed by atoms with E-state index in [-0.39, 0.29) is 24.4 Å². The second kappa shape index (κ2) is 7.59. The van der Waals surface area contributed by atoms with Gasteiger partial charge in [0.15, 0.2) is 0 Å². The molecule has 2 aromatic rings. The van der Waals surface area contributed by atoms with Gasteiger partial charge in [-0.25, -0.2) is 4.79 Å². The summed E-state index contributed by atoms with van der Waals surface area (Å²) in [6.45, 7) is 2.05. The Labute approximate surface area is 147 Å². The summed E-state index contributed by atoms with van der Waals surface area (Å²) in [6, 6.07) is 6.03. The Bertz CT molecular complexity index is 811. The van der Waals surface area contributed by atoms with Crippen molar-refractivity contribution in [2.45, 2.75) is 39.5 Å². The molecule has 1 aromatic carbocycles. The Morgan fingerprint density at radius 1 is 1.19 bits per heavy atom. The van der Waals surface area contributed by atoms with Gasteiger partial charge in [0.1, 0.15) is 6.54 Å². The molecular weight excluding hydrogens is 351 g/mol. The van der Waals surface area contributed by atoms with Crippen molar-refractivity contribution in [2.75, 3.05) is 0 Å². The largest absolute Gasteiger partial charge is 0.478 e. The zero-order chi connectivity index (χ0) is 19.5. The molecule has 0 bridgehead atoms.